The summed E-state index contributed by atoms with van der Waals surface area (Å²) in [4.78, 5) is 4.60. The molecule has 0 aliphatic heterocycles. The number of thiophene rings is 1. The first-order chi connectivity index (χ1) is 8.81. The van der Waals surface area contributed by atoms with Crippen LogP contribution in [0.3, 0.4) is 0 Å². The minimum absolute atomic E-state index is 0.940. The Morgan fingerprint density at radius 2 is 2.22 bits per heavy atom. The number of aromatic nitrogens is 1. The summed E-state index contributed by atoms with van der Waals surface area (Å²) in [5, 5.41) is 8.74. The zero-order chi connectivity index (χ0) is 12.4. The molecule has 0 saturated carbocycles. The molecule has 0 spiro atoms. The number of thiazole rings is 1. The maximum atomic E-state index is 4.60. The van der Waals surface area contributed by atoms with E-state index in [1.807, 2.05) is 0 Å². The predicted molar refractivity (Wildman–Crippen MR) is 80.9 cm³/mol. The fourth-order valence-corrected chi connectivity index (χ4v) is 3.44. The summed E-state index contributed by atoms with van der Waals surface area (Å²) >= 11 is 3.47. The lowest BCUT2D eigenvalue weighted by atomic mass is 10.2. The third-order valence-corrected chi connectivity index (χ3v) is 4.54. The summed E-state index contributed by atoms with van der Waals surface area (Å²) in [5.41, 5.74) is 3.75. The molecule has 4 heteroatoms. The molecule has 0 bridgehead atoms. The molecule has 1 aromatic carbocycles. The molecule has 0 saturated heterocycles. The quantitative estimate of drug-likeness (QED) is 0.766. The molecule has 0 unspecified atom stereocenters. The van der Waals surface area contributed by atoms with Gasteiger partial charge in [0.2, 0.25) is 0 Å². The molecule has 0 fully saturated rings. The van der Waals surface area contributed by atoms with E-state index in [1.165, 1.54) is 15.8 Å². The normalized spacial score (nSPS) is 10.9. The molecule has 3 aromatic rings. The molecule has 0 radical (unpaired) electrons. The van der Waals surface area contributed by atoms with Crippen LogP contribution in [-0.2, 0) is 6.42 Å². The van der Waals surface area contributed by atoms with Crippen LogP contribution in [0.4, 0.5) is 5.13 Å². The Morgan fingerprint density at radius 3 is 3.06 bits per heavy atom. The maximum Gasteiger partial charge on any atom is 0.183 e. The molecule has 18 heavy (non-hydrogen) atoms. The molecule has 1 N–H and O–H groups in total. The first-order valence-corrected chi connectivity index (χ1v) is 7.69. The molecule has 2 nitrogen and oxygen atoms in total. The molecule has 92 valence electrons. The second-order valence-corrected chi connectivity index (χ2v) is 6.11. The van der Waals surface area contributed by atoms with Crippen molar-refractivity contribution in [2.75, 3.05) is 11.9 Å². The van der Waals surface area contributed by atoms with Crippen LogP contribution in [-0.4, -0.2) is 11.5 Å². The van der Waals surface area contributed by atoms with Crippen LogP contribution in [0.2, 0.25) is 0 Å². The van der Waals surface area contributed by atoms with Crippen molar-refractivity contribution in [3.63, 3.8) is 0 Å². The predicted octanol–water partition coefficient (Wildman–Crippen LogP) is 4.32. The van der Waals surface area contributed by atoms with Crippen LogP contribution < -0.4 is 5.32 Å². The van der Waals surface area contributed by atoms with E-state index in [-0.39, 0.29) is 0 Å². The highest BCUT2D eigenvalue weighted by molar-refractivity contribution is 7.22. The van der Waals surface area contributed by atoms with Gasteiger partial charge < -0.3 is 5.32 Å². The highest BCUT2D eigenvalue weighted by Gasteiger charge is 2.03. The average molecular weight is 274 g/mol. The molecule has 0 aliphatic rings. The first-order valence-electron chi connectivity index (χ1n) is 5.93. The van der Waals surface area contributed by atoms with E-state index < -0.39 is 0 Å². The van der Waals surface area contributed by atoms with Crippen molar-refractivity contribution in [1.82, 2.24) is 4.98 Å². The van der Waals surface area contributed by atoms with E-state index in [2.05, 4.69) is 52.3 Å². The standard InChI is InChI=1S/C14H14N2S2/c1-10-2-3-13-12(8-10)16-14(18-13)15-6-4-11-5-7-17-9-11/h2-3,5,7-9H,4,6H2,1H3,(H,15,16). The summed E-state index contributed by atoms with van der Waals surface area (Å²) in [7, 11) is 0. The number of benzene rings is 1. The Balaban J connectivity index is 1.67. The van der Waals surface area contributed by atoms with Gasteiger partial charge in [-0.25, -0.2) is 4.98 Å². The average Bonchev–Trinajstić information content (AvgIpc) is 2.97. The number of nitrogens with one attached hydrogen (secondary N) is 1. The molecule has 0 atom stereocenters. The second-order valence-electron chi connectivity index (χ2n) is 4.30. The summed E-state index contributed by atoms with van der Waals surface area (Å²) in [5.74, 6) is 0. The third kappa shape index (κ3) is 2.54. The van der Waals surface area contributed by atoms with Gasteiger partial charge in [-0.1, -0.05) is 17.4 Å². The molecule has 0 amide bonds. The second kappa shape index (κ2) is 5.08. The summed E-state index contributed by atoms with van der Waals surface area (Å²) in [6.45, 7) is 3.04. The molecule has 2 heterocycles. The van der Waals surface area contributed by atoms with E-state index in [0.717, 1.165) is 23.6 Å². The number of aryl methyl sites for hydroxylation is 1. The number of anilines is 1. The van der Waals surface area contributed by atoms with Crippen LogP contribution in [0.1, 0.15) is 11.1 Å². The number of hydrogen-bond acceptors (Lipinski definition) is 4. The van der Waals surface area contributed by atoms with Crippen LogP contribution in [0.5, 0.6) is 0 Å². The Labute approximate surface area is 114 Å². The lowest BCUT2D eigenvalue weighted by molar-refractivity contribution is 1.02. The minimum atomic E-state index is 0.940. The van der Waals surface area contributed by atoms with Crippen molar-refractivity contribution >= 4 is 38.0 Å². The van der Waals surface area contributed by atoms with E-state index in [0.29, 0.717) is 0 Å². The van der Waals surface area contributed by atoms with E-state index in [1.54, 1.807) is 22.7 Å². The molecular formula is C14H14N2S2. The van der Waals surface area contributed by atoms with Gasteiger partial charge in [0.25, 0.3) is 0 Å². The number of fused-ring (bicyclic) bond motifs is 1. The van der Waals surface area contributed by atoms with Crippen molar-refractivity contribution in [3.05, 3.63) is 46.2 Å². The third-order valence-electron chi connectivity index (χ3n) is 2.81. The van der Waals surface area contributed by atoms with Gasteiger partial charge in [-0.15, -0.1) is 0 Å². The van der Waals surface area contributed by atoms with Gasteiger partial charge in [-0.2, -0.15) is 11.3 Å². The Morgan fingerprint density at radius 1 is 1.28 bits per heavy atom. The maximum absolute atomic E-state index is 4.60. The minimum Gasteiger partial charge on any atom is -0.361 e. The van der Waals surface area contributed by atoms with Crippen LogP contribution in [0, 0.1) is 6.92 Å². The largest absolute Gasteiger partial charge is 0.361 e. The van der Waals surface area contributed by atoms with Gasteiger partial charge in [-0.05, 0) is 53.4 Å². The van der Waals surface area contributed by atoms with E-state index >= 15 is 0 Å². The summed E-state index contributed by atoms with van der Waals surface area (Å²) < 4.78 is 1.25. The van der Waals surface area contributed by atoms with Crippen molar-refractivity contribution in [2.45, 2.75) is 13.3 Å². The number of hydrogen-bond donors (Lipinski definition) is 1. The van der Waals surface area contributed by atoms with Crippen molar-refractivity contribution in [1.29, 1.82) is 0 Å². The van der Waals surface area contributed by atoms with Crippen molar-refractivity contribution in [3.8, 4) is 0 Å². The molecule has 2 aromatic heterocycles. The van der Waals surface area contributed by atoms with Crippen molar-refractivity contribution < 1.29 is 0 Å². The highest BCUT2D eigenvalue weighted by Crippen LogP contribution is 2.26. The first kappa shape index (κ1) is 11.7. The van der Waals surface area contributed by atoms with Gasteiger partial charge in [0.1, 0.15) is 0 Å². The number of nitrogens with zero attached hydrogens (tertiary/aromatic N) is 1. The van der Waals surface area contributed by atoms with Gasteiger partial charge in [0.05, 0.1) is 10.2 Å². The Bertz CT molecular complexity index is 641. The SMILES string of the molecule is Cc1ccc2sc(NCCc3ccsc3)nc2c1. The van der Waals surface area contributed by atoms with Gasteiger partial charge in [0.15, 0.2) is 5.13 Å². The van der Waals surface area contributed by atoms with Gasteiger partial charge in [0, 0.05) is 6.54 Å². The zero-order valence-corrected chi connectivity index (χ0v) is 11.8. The lowest BCUT2D eigenvalue weighted by Crippen LogP contribution is -2.03. The monoisotopic (exact) mass is 274 g/mol. The Hall–Kier alpha value is -1.39. The molecule has 3 rings (SSSR count). The van der Waals surface area contributed by atoms with Gasteiger partial charge in [-0.3, -0.25) is 0 Å². The van der Waals surface area contributed by atoms with E-state index in [4.69, 9.17) is 0 Å². The topological polar surface area (TPSA) is 24.9 Å². The van der Waals surface area contributed by atoms with Crippen LogP contribution >= 0.6 is 22.7 Å². The number of rotatable bonds is 4. The Kier molecular flexibility index (Phi) is 3.30. The fourth-order valence-electron chi connectivity index (χ4n) is 1.86. The molecule has 0 aliphatic carbocycles. The summed E-state index contributed by atoms with van der Waals surface area (Å²) in [6.07, 6.45) is 1.05. The van der Waals surface area contributed by atoms with Crippen LogP contribution in [0.25, 0.3) is 10.2 Å². The fraction of sp³-hybridized carbons (Fsp3) is 0.214. The lowest BCUT2D eigenvalue weighted by Gasteiger charge is -1.99. The van der Waals surface area contributed by atoms with Gasteiger partial charge >= 0.3 is 0 Å². The van der Waals surface area contributed by atoms with E-state index in [9.17, 15) is 0 Å². The van der Waals surface area contributed by atoms with Crippen LogP contribution in [0.15, 0.2) is 35.0 Å². The highest BCUT2D eigenvalue weighted by atomic mass is 32.1. The molecular weight excluding hydrogens is 260 g/mol. The summed E-state index contributed by atoms with van der Waals surface area (Å²) in [6, 6.07) is 8.59. The zero-order valence-electron chi connectivity index (χ0n) is 10.1. The smallest absolute Gasteiger partial charge is 0.183 e. The van der Waals surface area contributed by atoms with Crippen molar-refractivity contribution in [2.24, 2.45) is 0 Å².